The summed E-state index contributed by atoms with van der Waals surface area (Å²) in [6.07, 6.45) is 1.50. The molecule has 1 amide bonds. The van der Waals surface area contributed by atoms with Crippen molar-refractivity contribution in [3.8, 4) is 0 Å². The third-order valence-electron chi connectivity index (χ3n) is 6.41. The van der Waals surface area contributed by atoms with Crippen LogP contribution in [0, 0.1) is 0 Å². The van der Waals surface area contributed by atoms with Gasteiger partial charge in [0.2, 0.25) is 21.9 Å². The van der Waals surface area contributed by atoms with Gasteiger partial charge in [-0.25, -0.2) is 12.4 Å². The maximum atomic E-state index is 13.5. The molecule has 2 heterocycles. The van der Waals surface area contributed by atoms with Crippen molar-refractivity contribution in [2.45, 2.75) is 19.2 Å². The molecular formula is C29H29N7O3S. The third-order valence-corrected chi connectivity index (χ3v) is 8.00. The third kappa shape index (κ3) is 5.80. The molecule has 0 unspecified atom stereocenters. The summed E-state index contributed by atoms with van der Waals surface area (Å²) in [5, 5.41) is 7.00. The zero-order valence-corrected chi connectivity index (χ0v) is 22.9. The van der Waals surface area contributed by atoms with Gasteiger partial charge in [-0.3, -0.25) is 4.79 Å². The molecule has 0 aliphatic heterocycles. The van der Waals surface area contributed by atoms with Gasteiger partial charge in [0.05, 0.1) is 11.1 Å². The molecule has 4 N–H and O–H groups in total. The summed E-state index contributed by atoms with van der Waals surface area (Å²) < 4.78 is 28.1. The maximum Gasteiger partial charge on any atom is 0.244 e. The van der Waals surface area contributed by atoms with E-state index in [0.717, 1.165) is 16.9 Å². The molecule has 0 fully saturated rings. The second kappa shape index (κ2) is 11.2. The highest BCUT2D eigenvalue weighted by molar-refractivity contribution is 7.89. The van der Waals surface area contributed by atoms with Crippen LogP contribution in [0.2, 0.25) is 0 Å². The average Bonchev–Trinajstić information content (AvgIpc) is 3.39. The second-order valence-corrected chi connectivity index (χ2v) is 11.1. The molecule has 3 aromatic carbocycles. The first kappa shape index (κ1) is 26.9. The van der Waals surface area contributed by atoms with Gasteiger partial charge < -0.3 is 21.3 Å². The molecule has 5 rings (SSSR count). The Morgan fingerprint density at radius 3 is 2.33 bits per heavy atom. The van der Waals surface area contributed by atoms with E-state index in [9.17, 15) is 13.2 Å². The second-order valence-electron chi connectivity index (χ2n) is 9.27. The van der Waals surface area contributed by atoms with E-state index >= 15 is 0 Å². The molecule has 40 heavy (non-hydrogen) atoms. The SMILES string of the molecule is CC(=O)N(C)c1ccc(Nc2nc(Nc3cccc(CN)c3)c3ccn(S(=O)(=O)Cc4ccccc4)c3n2)cc1. The Labute approximate surface area is 232 Å². The Hall–Kier alpha value is -4.74. The fourth-order valence-corrected chi connectivity index (χ4v) is 5.62. The van der Waals surface area contributed by atoms with Crippen molar-refractivity contribution >= 4 is 55.8 Å². The van der Waals surface area contributed by atoms with E-state index in [-0.39, 0.29) is 23.3 Å². The van der Waals surface area contributed by atoms with Crippen LogP contribution in [0.4, 0.5) is 28.8 Å². The lowest BCUT2D eigenvalue weighted by Gasteiger charge is -2.16. The van der Waals surface area contributed by atoms with Crippen LogP contribution in [0.25, 0.3) is 11.0 Å². The number of anilines is 5. The molecule has 0 aliphatic rings. The molecule has 10 nitrogen and oxygen atoms in total. The number of benzene rings is 3. The van der Waals surface area contributed by atoms with Crippen molar-refractivity contribution in [2.75, 3.05) is 22.6 Å². The van der Waals surface area contributed by atoms with Crippen LogP contribution < -0.4 is 21.3 Å². The highest BCUT2D eigenvalue weighted by Gasteiger charge is 2.21. The number of nitrogens with zero attached hydrogens (tertiary/aromatic N) is 4. The summed E-state index contributed by atoms with van der Waals surface area (Å²) in [5.74, 6) is 0.369. The molecule has 0 spiro atoms. The highest BCUT2D eigenvalue weighted by Crippen LogP contribution is 2.29. The fourth-order valence-electron chi connectivity index (χ4n) is 4.21. The van der Waals surface area contributed by atoms with Gasteiger partial charge in [0, 0.05) is 43.8 Å². The molecule has 5 aromatic rings. The lowest BCUT2D eigenvalue weighted by Crippen LogP contribution is -2.22. The quantitative estimate of drug-likeness (QED) is 0.237. The van der Waals surface area contributed by atoms with E-state index in [1.54, 1.807) is 61.6 Å². The number of amides is 1. The lowest BCUT2D eigenvalue weighted by atomic mass is 10.2. The maximum absolute atomic E-state index is 13.5. The number of fused-ring (bicyclic) bond motifs is 1. The largest absolute Gasteiger partial charge is 0.339 e. The summed E-state index contributed by atoms with van der Waals surface area (Å²) in [6, 6.07) is 25.5. The Morgan fingerprint density at radius 1 is 0.900 bits per heavy atom. The van der Waals surface area contributed by atoms with Gasteiger partial charge in [-0.1, -0.05) is 42.5 Å². The van der Waals surface area contributed by atoms with E-state index in [1.165, 1.54) is 22.0 Å². The molecule has 0 bridgehead atoms. The molecule has 0 atom stereocenters. The standard InChI is InChI=1S/C29H29N7O3S/c1-20(37)35(2)25-13-11-23(12-14-25)32-29-33-27(31-24-10-6-9-22(17-24)18-30)26-15-16-36(28(26)34-29)40(38,39)19-21-7-4-3-5-8-21/h3-17H,18-19,30H2,1-2H3,(H2,31,32,33,34). The first-order valence-corrected chi connectivity index (χ1v) is 14.2. The van der Waals surface area contributed by atoms with Crippen LogP contribution in [0.1, 0.15) is 18.1 Å². The zero-order valence-electron chi connectivity index (χ0n) is 22.1. The highest BCUT2D eigenvalue weighted by atomic mass is 32.2. The predicted molar refractivity (Wildman–Crippen MR) is 158 cm³/mol. The fraction of sp³-hybridized carbons (Fsp3) is 0.138. The molecule has 11 heteroatoms. The van der Waals surface area contributed by atoms with Crippen LogP contribution in [-0.4, -0.2) is 35.3 Å². The van der Waals surface area contributed by atoms with Crippen molar-refractivity contribution in [1.82, 2.24) is 13.9 Å². The van der Waals surface area contributed by atoms with Gasteiger partial charge in [-0.05, 0) is 53.6 Å². The molecule has 204 valence electrons. The van der Waals surface area contributed by atoms with Crippen LogP contribution in [-0.2, 0) is 27.1 Å². The number of nitrogens with two attached hydrogens (primary N) is 1. The summed E-state index contributed by atoms with van der Waals surface area (Å²) in [5.41, 5.74) is 9.82. The van der Waals surface area contributed by atoms with Crippen molar-refractivity contribution in [3.05, 3.63) is 102 Å². The van der Waals surface area contributed by atoms with E-state index in [1.807, 2.05) is 30.3 Å². The van der Waals surface area contributed by atoms with Crippen molar-refractivity contribution in [2.24, 2.45) is 5.73 Å². The number of rotatable bonds is 9. The van der Waals surface area contributed by atoms with Crippen LogP contribution in [0.15, 0.2) is 91.1 Å². The van der Waals surface area contributed by atoms with Crippen molar-refractivity contribution < 1.29 is 13.2 Å². The summed E-state index contributed by atoms with van der Waals surface area (Å²) in [7, 11) is -2.10. The molecule has 0 radical (unpaired) electrons. The number of nitrogens with one attached hydrogen (secondary N) is 2. The minimum absolute atomic E-state index is 0.0820. The van der Waals surface area contributed by atoms with Gasteiger partial charge in [-0.15, -0.1) is 0 Å². The van der Waals surface area contributed by atoms with E-state index in [4.69, 9.17) is 5.73 Å². The van der Waals surface area contributed by atoms with Crippen molar-refractivity contribution in [1.29, 1.82) is 0 Å². The number of aromatic nitrogens is 3. The number of carbonyl (C=O) groups excluding carboxylic acids is 1. The minimum Gasteiger partial charge on any atom is -0.339 e. The van der Waals surface area contributed by atoms with Gasteiger partial charge in [0.1, 0.15) is 5.82 Å². The Kier molecular flexibility index (Phi) is 7.50. The molecular weight excluding hydrogens is 526 g/mol. The van der Waals surface area contributed by atoms with Gasteiger partial charge in [-0.2, -0.15) is 9.97 Å². The van der Waals surface area contributed by atoms with Crippen LogP contribution >= 0.6 is 0 Å². The molecule has 0 aliphatic carbocycles. The number of hydrogen-bond acceptors (Lipinski definition) is 8. The lowest BCUT2D eigenvalue weighted by molar-refractivity contribution is -0.116. The smallest absolute Gasteiger partial charge is 0.244 e. The Bertz CT molecular complexity index is 1770. The van der Waals surface area contributed by atoms with E-state index in [0.29, 0.717) is 29.0 Å². The molecule has 0 saturated carbocycles. The predicted octanol–water partition coefficient (Wildman–Crippen LogP) is 4.74. The summed E-state index contributed by atoms with van der Waals surface area (Å²) >= 11 is 0. The van der Waals surface area contributed by atoms with Gasteiger partial charge in [0.15, 0.2) is 5.65 Å². The van der Waals surface area contributed by atoms with Gasteiger partial charge in [0.25, 0.3) is 0 Å². The Morgan fingerprint density at radius 2 is 1.62 bits per heavy atom. The summed E-state index contributed by atoms with van der Waals surface area (Å²) in [4.78, 5) is 22.5. The normalized spacial score (nSPS) is 11.4. The summed E-state index contributed by atoms with van der Waals surface area (Å²) in [6.45, 7) is 1.87. The molecule has 2 aromatic heterocycles. The van der Waals surface area contributed by atoms with Crippen molar-refractivity contribution in [3.63, 3.8) is 0 Å². The number of hydrogen-bond donors (Lipinski definition) is 3. The van der Waals surface area contributed by atoms with Crippen LogP contribution in [0.3, 0.4) is 0 Å². The zero-order chi connectivity index (χ0) is 28.3. The topological polar surface area (TPSA) is 135 Å². The number of carbonyl (C=O) groups is 1. The first-order valence-electron chi connectivity index (χ1n) is 12.6. The average molecular weight is 556 g/mol. The first-order chi connectivity index (χ1) is 19.2. The van der Waals surface area contributed by atoms with E-state index in [2.05, 4.69) is 20.6 Å². The molecule has 0 saturated heterocycles. The van der Waals surface area contributed by atoms with E-state index < -0.39 is 10.0 Å². The monoisotopic (exact) mass is 555 g/mol. The van der Waals surface area contributed by atoms with Gasteiger partial charge >= 0.3 is 0 Å². The van der Waals surface area contributed by atoms with Crippen LogP contribution in [0.5, 0.6) is 0 Å². The minimum atomic E-state index is -3.79. The Balaban J connectivity index is 1.56.